The largest absolute Gasteiger partial charge is 0.368 e. The standard InChI is InChI=1S/C29H33ClN6/c1-5-35-10-12-36(13-11-35)27-14-19(2)26(17-24(27)30)34-28-32-9-7-25(33-28)20-15-21(18-31)22-6-8-29(3,4)23(22)16-20/h7,9,14-17H,5-6,8,10-13H2,1-4H3,(H,32,33,34). The van der Waals surface area contributed by atoms with Gasteiger partial charge in [0.2, 0.25) is 5.95 Å². The van der Waals surface area contributed by atoms with E-state index in [4.69, 9.17) is 16.6 Å². The maximum absolute atomic E-state index is 9.78. The van der Waals surface area contributed by atoms with E-state index in [1.54, 1.807) is 6.20 Å². The molecule has 1 saturated heterocycles. The fourth-order valence-corrected chi connectivity index (χ4v) is 5.70. The number of piperazine rings is 1. The first kappa shape index (κ1) is 24.5. The highest BCUT2D eigenvalue weighted by Gasteiger charge is 2.32. The van der Waals surface area contributed by atoms with Crippen molar-refractivity contribution in [2.45, 2.75) is 46.0 Å². The lowest BCUT2D eigenvalue weighted by molar-refractivity contribution is 0.271. The van der Waals surface area contributed by atoms with Crippen LogP contribution in [-0.2, 0) is 11.8 Å². The van der Waals surface area contributed by atoms with Crippen molar-refractivity contribution >= 4 is 28.9 Å². The highest BCUT2D eigenvalue weighted by atomic mass is 35.5. The lowest BCUT2D eigenvalue weighted by Crippen LogP contribution is -2.46. The van der Waals surface area contributed by atoms with Crippen LogP contribution in [0.3, 0.4) is 0 Å². The van der Waals surface area contributed by atoms with Crippen LogP contribution in [0.2, 0.25) is 5.02 Å². The molecule has 2 aromatic carbocycles. The van der Waals surface area contributed by atoms with E-state index in [0.29, 0.717) is 5.95 Å². The number of nitrogens with one attached hydrogen (secondary N) is 1. The van der Waals surface area contributed by atoms with Gasteiger partial charge in [0, 0.05) is 43.6 Å². The molecule has 2 heterocycles. The molecular formula is C29H33ClN6. The maximum atomic E-state index is 9.78. The Kier molecular flexibility index (Phi) is 6.63. The Bertz CT molecular complexity index is 1330. The molecule has 1 fully saturated rings. The van der Waals surface area contributed by atoms with Gasteiger partial charge in [-0.15, -0.1) is 0 Å². The molecule has 186 valence electrons. The molecule has 0 radical (unpaired) electrons. The highest BCUT2D eigenvalue weighted by Crippen LogP contribution is 2.42. The van der Waals surface area contributed by atoms with Crippen molar-refractivity contribution in [3.63, 3.8) is 0 Å². The van der Waals surface area contributed by atoms with E-state index >= 15 is 0 Å². The normalized spacial score (nSPS) is 17.1. The van der Waals surface area contributed by atoms with Gasteiger partial charge < -0.3 is 15.1 Å². The van der Waals surface area contributed by atoms with E-state index in [-0.39, 0.29) is 5.41 Å². The van der Waals surface area contributed by atoms with E-state index in [0.717, 1.165) is 84.3 Å². The first-order valence-corrected chi connectivity index (χ1v) is 13.1. The van der Waals surface area contributed by atoms with E-state index < -0.39 is 0 Å². The minimum Gasteiger partial charge on any atom is -0.368 e. The summed E-state index contributed by atoms with van der Waals surface area (Å²) in [4.78, 5) is 14.1. The summed E-state index contributed by atoms with van der Waals surface area (Å²) in [6, 6.07) is 12.6. The summed E-state index contributed by atoms with van der Waals surface area (Å²) >= 11 is 6.75. The number of aromatic nitrogens is 2. The van der Waals surface area contributed by atoms with Crippen molar-refractivity contribution in [1.82, 2.24) is 14.9 Å². The summed E-state index contributed by atoms with van der Waals surface area (Å²) in [7, 11) is 0. The summed E-state index contributed by atoms with van der Waals surface area (Å²) in [5.74, 6) is 0.509. The molecule has 1 N–H and O–H groups in total. The predicted molar refractivity (Wildman–Crippen MR) is 147 cm³/mol. The zero-order valence-electron chi connectivity index (χ0n) is 21.5. The zero-order valence-corrected chi connectivity index (χ0v) is 22.3. The van der Waals surface area contributed by atoms with Crippen molar-refractivity contribution in [3.8, 4) is 17.3 Å². The molecule has 0 spiro atoms. The molecule has 0 amide bonds. The van der Waals surface area contributed by atoms with Crippen molar-refractivity contribution < 1.29 is 0 Å². The first-order valence-electron chi connectivity index (χ1n) is 12.7. The molecule has 0 bridgehead atoms. The first-order chi connectivity index (χ1) is 17.3. The molecule has 7 heteroatoms. The number of fused-ring (bicyclic) bond motifs is 1. The summed E-state index contributed by atoms with van der Waals surface area (Å²) in [5, 5.41) is 13.9. The number of hydrogen-bond acceptors (Lipinski definition) is 6. The Hall–Kier alpha value is -3.14. The Morgan fingerprint density at radius 3 is 2.64 bits per heavy atom. The molecule has 1 aliphatic carbocycles. The number of benzene rings is 2. The van der Waals surface area contributed by atoms with Crippen LogP contribution in [-0.4, -0.2) is 47.6 Å². The third-order valence-corrected chi connectivity index (χ3v) is 8.05. The van der Waals surface area contributed by atoms with Gasteiger partial charge in [-0.3, -0.25) is 0 Å². The van der Waals surface area contributed by atoms with Crippen molar-refractivity contribution in [3.05, 3.63) is 63.8 Å². The molecule has 1 aliphatic heterocycles. The zero-order chi connectivity index (χ0) is 25.4. The summed E-state index contributed by atoms with van der Waals surface area (Å²) in [5.41, 5.74) is 8.04. The molecule has 0 unspecified atom stereocenters. The van der Waals surface area contributed by atoms with Gasteiger partial charge >= 0.3 is 0 Å². The quantitative estimate of drug-likeness (QED) is 0.457. The third kappa shape index (κ3) is 4.66. The minimum atomic E-state index is 0.0594. The number of hydrogen-bond donors (Lipinski definition) is 1. The van der Waals surface area contributed by atoms with Gasteiger partial charge in [-0.25, -0.2) is 9.97 Å². The van der Waals surface area contributed by atoms with Crippen LogP contribution in [0, 0.1) is 18.3 Å². The molecule has 0 atom stereocenters. The second kappa shape index (κ2) is 9.72. The van der Waals surface area contributed by atoms with Crippen molar-refractivity contribution in [2.24, 2.45) is 0 Å². The number of aryl methyl sites for hydroxylation is 1. The Labute approximate surface area is 218 Å². The molecule has 2 aliphatic rings. The van der Waals surface area contributed by atoms with E-state index in [1.807, 2.05) is 18.2 Å². The van der Waals surface area contributed by atoms with Gasteiger partial charge in [0.05, 0.1) is 28.0 Å². The van der Waals surface area contributed by atoms with Crippen LogP contribution < -0.4 is 10.2 Å². The molecule has 0 saturated carbocycles. The van der Waals surface area contributed by atoms with Crippen LogP contribution >= 0.6 is 11.6 Å². The molecular weight excluding hydrogens is 468 g/mol. The Balaban J connectivity index is 1.41. The lowest BCUT2D eigenvalue weighted by atomic mass is 9.84. The number of anilines is 3. The van der Waals surface area contributed by atoms with Gasteiger partial charge in [-0.1, -0.05) is 32.4 Å². The third-order valence-electron chi connectivity index (χ3n) is 7.75. The predicted octanol–water partition coefficient (Wildman–Crippen LogP) is 6.09. The second-order valence-electron chi connectivity index (χ2n) is 10.5. The van der Waals surface area contributed by atoms with Crippen LogP contribution in [0.5, 0.6) is 0 Å². The number of halogens is 1. The number of rotatable bonds is 5. The van der Waals surface area contributed by atoms with Gasteiger partial charge in [0.25, 0.3) is 0 Å². The molecule has 6 nitrogen and oxygen atoms in total. The van der Waals surface area contributed by atoms with Crippen LogP contribution in [0.1, 0.15) is 49.4 Å². The van der Waals surface area contributed by atoms with Gasteiger partial charge in [0.15, 0.2) is 0 Å². The minimum absolute atomic E-state index is 0.0594. The van der Waals surface area contributed by atoms with Crippen LogP contribution in [0.4, 0.5) is 17.3 Å². The van der Waals surface area contributed by atoms with E-state index in [2.05, 4.69) is 66.0 Å². The van der Waals surface area contributed by atoms with Gasteiger partial charge in [0.1, 0.15) is 0 Å². The molecule has 36 heavy (non-hydrogen) atoms. The maximum Gasteiger partial charge on any atom is 0.227 e. The van der Waals surface area contributed by atoms with Gasteiger partial charge in [-0.2, -0.15) is 5.26 Å². The van der Waals surface area contributed by atoms with E-state index in [9.17, 15) is 5.26 Å². The average Bonchev–Trinajstić information content (AvgIpc) is 3.20. The Morgan fingerprint density at radius 1 is 1.14 bits per heavy atom. The van der Waals surface area contributed by atoms with Crippen LogP contribution in [0.25, 0.3) is 11.3 Å². The van der Waals surface area contributed by atoms with Crippen molar-refractivity contribution in [2.75, 3.05) is 42.9 Å². The smallest absolute Gasteiger partial charge is 0.227 e. The Morgan fingerprint density at radius 2 is 1.92 bits per heavy atom. The number of likely N-dealkylation sites (N-methyl/N-ethyl adjacent to an activating group) is 1. The van der Waals surface area contributed by atoms with Crippen LogP contribution in [0.15, 0.2) is 36.5 Å². The van der Waals surface area contributed by atoms with E-state index in [1.165, 1.54) is 11.1 Å². The SMILES string of the molecule is CCN1CCN(c2cc(C)c(Nc3nccc(-c4cc(C#N)c5c(c4)C(C)(C)CC5)n3)cc2Cl)CC1. The lowest BCUT2D eigenvalue weighted by Gasteiger charge is -2.36. The molecule has 3 aromatic rings. The average molecular weight is 501 g/mol. The fourth-order valence-electron chi connectivity index (χ4n) is 5.41. The van der Waals surface area contributed by atoms with Crippen molar-refractivity contribution in [1.29, 1.82) is 5.26 Å². The highest BCUT2D eigenvalue weighted by molar-refractivity contribution is 6.33. The van der Waals surface area contributed by atoms with Gasteiger partial charge in [-0.05, 0) is 78.7 Å². The summed E-state index contributed by atoms with van der Waals surface area (Å²) < 4.78 is 0. The second-order valence-corrected chi connectivity index (χ2v) is 10.9. The number of nitriles is 1. The molecule has 5 rings (SSSR count). The molecule has 1 aromatic heterocycles. The number of nitrogens with zero attached hydrogens (tertiary/aromatic N) is 5. The monoisotopic (exact) mass is 500 g/mol. The summed E-state index contributed by atoms with van der Waals surface area (Å²) in [6.45, 7) is 13.9. The topological polar surface area (TPSA) is 68.1 Å². The fraction of sp³-hybridized carbons (Fsp3) is 0.414. The summed E-state index contributed by atoms with van der Waals surface area (Å²) in [6.07, 6.45) is 3.77.